The predicted molar refractivity (Wildman–Crippen MR) is 136 cm³/mol. The number of carboxylic acids is 1. The van der Waals surface area contributed by atoms with Gasteiger partial charge in [-0.1, -0.05) is 101 Å². The fourth-order valence-corrected chi connectivity index (χ4v) is 5.34. The highest BCUT2D eigenvalue weighted by atomic mass is 32.2. The second kappa shape index (κ2) is 14.2. The van der Waals surface area contributed by atoms with Gasteiger partial charge in [-0.05, 0) is 40.3 Å². The van der Waals surface area contributed by atoms with Crippen LogP contribution in [0.1, 0.15) is 94.4 Å². The van der Waals surface area contributed by atoms with Crippen molar-refractivity contribution in [3.05, 3.63) is 35.4 Å². The number of nitrogens with zero attached hydrogens (tertiary/aromatic N) is 4. The number of quaternary nitrogens is 1. The number of amidine groups is 1. The van der Waals surface area contributed by atoms with E-state index in [1.807, 2.05) is 24.3 Å². The van der Waals surface area contributed by atoms with Crippen molar-refractivity contribution < 1.29 is 24.4 Å². The number of unbranched alkanes of at least 4 members (excludes halogenated alkanes) is 9. The fourth-order valence-electron chi connectivity index (χ4n) is 4.03. The highest BCUT2D eigenvalue weighted by Crippen LogP contribution is 2.42. The lowest BCUT2D eigenvalue weighted by Gasteiger charge is -2.25. The highest BCUT2D eigenvalue weighted by molar-refractivity contribution is 8.13. The van der Waals surface area contributed by atoms with Gasteiger partial charge < -0.3 is 10.2 Å². The maximum absolute atomic E-state index is 11.9. The zero-order valence-corrected chi connectivity index (χ0v) is 21.5. The van der Waals surface area contributed by atoms with Gasteiger partial charge in [0.15, 0.2) is 0 Å². The first kappa shape index (κ1) is 28.0. The molecule has 0 saturated carbocycles. The third-order valence-electron chi connectivity index (χ3n) is 6.33. The molecule has 3 unspecified atom stereocenters. The Hall–Kier alpha value is -2.26. The van der Waals surface area contributed by atoms with E-state index in [4.69, 9.17) is 0 Å². The zero-order chi connectivity index (χ0) is 25.0. The molecule has 0 bridgehead atoms. The molecule has 0 saturated heterocycles. The van der Waals surface area contributed by atoms with Gasteiger partial charge in [0.25, 0.3) is 0 Å². The summed E-state index contributed by atoms with van der Waals surface area (Å²) in [6.07, 6.45) is 12.2. The summed E-state index contributed by atoms with van der Waals surface area (Å²) in [5.74, 6) is -1.69. The van der Waals surface area contributed by atoms with E-state index in [1.54, 1.807) is 6.92 Å². The van der Waals surface area contributed by atoms with Crippen LogP contribution in [0.5, 0.6) is 0 Å². The van der Waals surface area contributed by atoms with Crippen LogP contribution >= 0.6 is 11.8 Å². The third kappa shape index (κ3) is 7.91. The van der Waals surface area contributed by atoms with Gasteiger partial charge in [-0.3, -0.25) is 4.79 Å². The summed E-state index contributed by atoms with van der Waals surface area (Å²) in [5.41, 5.74) is 2.01. The molecule has 0 aromatic heterocycles. The number of benzene rings is 1. The van der Waals surface area contributed by atoms with E-state index in [-0.39, 0.29) is 5.17 Å². The van der Waals surface area contributed by atoms with E-state index in [1.165, 1.54) is 58.4 Å². The van der Waals surface area contributed by atoms with E-state index in [2.05, 4.69) is 22.5 Å². The summed E-state index contributed by atoms with van der Waals surface area (Å²) in [6.45, 7) is 3.88. The Morgan fingerprint density at radius 3 is 2.15 bits per heavy atom. The lowest BCUT2D eigenvalue weighted by Crippen LogP contribution is -2.45. The summed E-state index contributed by atoms with van der Waals surface area (Å²) < 4.78 is -0.825. The molecule has 1 amide bonds. The Morgan fingerprint density at radius 2 is 1.56 bits per heavy atom. The number of aliphatic carboxylic acids is 1. The number of hydrogen-bond acceptors (Lipinski definition) is 6. The molecule has 9 heteroatoms. The van der Waals surface area contributed by atoms with Crippen molar-refractivity contribution in [1.29, 1.82) is 0 Å². The van der Waals surface area contributed by atoms with Crippen molar-refractivity contribution in [1.82, 2.24) is 0 Å². The van der Waals surface area contributed by atoms with Crippen molar-refractivity contribution in [3.8, 4) is 0 Å². The maximum Gasteiger partial charge on any atom is 0.549 e. The van der Waals surface area contributed by atoms with Gasteiger partial charge >= 0.3 is 17.2 Å². The molecule has 1 aromatic carbocycles. The summed E-state index contributed by atoms with van der Waals surface area (Å²) in [6, 6.07) is 7.85. The van der Waals surface area contributed by atoms with E-state index < -0.39 is 27.8 Å². The minimum absolute atomic E-state index is 0.152. The molecule has 0 radical (unpaired) electrons. The Kier molecular flexibility index (Phi) is 11.7. The molecule has 1 heterocycles. The van der Waals surface area contributed by atoms with Crippen LogP contribution in [-0.4, -0.2) is 39.1 Å². The number of amides is 1. The number of thioether (sulfide) groups is 1. The van der Waals surface area contributed by atoms with Crippen molar-refractivity contribution in [3.63, 3.8) is 0 Å². The summed E-state index contributed by atoms with van der Waals surface area (Å²) in [4.78, 5) is 23.7. The standard InChI is InChI=1S/C25H38N4O4S/c1-4-5-6-7-8-9-10-11-12-13-16-20-17-14-15-18-21(20)22(19(2)23(30)31)34-24-26-27-28-29(24,3)25(32)33/h14-15,17-19,22H,4-13,16H2,1-3H3,(H-,30,31,32,33)/p+1. The molecule has 0 aliphatic carbocycles. The van der Waals surface area contributed by atoms with Crippen LogP contribution in [0.25, 0.3) is 0 Å². The van der Waals surface area contributed by atoms with Gasteiger partial charge in [-0.2, -0.15) is 4.79 Å². The van der Waals surface area contributed by atoms with Gasteiger partial charge in [0.1, 0.15) is 7.05 Å². The Bertz CT molecular complexity index is 876. The molecule has 1 aliphatic rings. The minimum Gasteiger partial charge on any atom is -0.481 e. The van der Waals surface area contributed by atoms with Crippen LogP contribution in [0.15, 0.2) is 39.8 Å². The van der Waals surface area contributed by atoms with Crippen LogP contribution in [0.4, 0.5) is 4.79 Å². The summed E-state index contributed by atoms with van der Waals surface area (Å²) in [7, 11) is 1.38. The second-order valence-corrected chi connectivity index (χ2v) is 10.2. The van der Waals surface area contributed by atoms with Gasteiger partial charge in [0.2, 0.25) is 0 Å². The van der Waals surface area contributed by atoms with Gasteiger partial charge in [-0.15, -0.1) is 0 Å². The Balaban J connectivity index is 2.00. The first-order chi connectivity index (χ1) is 16.3. The van der Waals surface area contributed by atoms with Crippen LogP contribution in [-0.2, 0) is 11.2 Å². The number of carbonyl (C=O) groups is 2. The van der Waals surface area contributed by atoms with E-state index in [0.29, 0.717) is 0 Å². The maximum atomic E-state index is 11.9. The average Bonchev–Trinajstić information content (AvgIpc) is 3.20. The molecule has 188 valence electrons. The molecular weight excluding hydrogens is 452 g/mol. The van der Waals surface area contributed by atoms with E-state index in [0.717, 1.165) is 42.2 Å². The number of rotatable bonds is 15. The van der Waals surface area contributed by atoms with Crippen LogP contribution < -0.4 is 0 Å². The molecule has 34 heavy (non-hydrogen) atoms. The second-order valence-electron chi connectivity index (χ2n) is 9.10. The lowest BCUT2D eigenvalue weighted by molar-refractivity contribution is -0.748. The molecule has 0 fully saturated rings. The van der Waals surface area contributed by atoms with Gasteiger partial charge in [-0.25, -0.2) is 0 Å². The van der Waals surface area contributed by atoms with Crippen molar-refractivity contribution in [2.45, 2.75) is 89.7 Å². The molecule has 2 rings (SSSR count). The summed E-state index contributed by atoms with van der Waals surface area (Å²) >= 11 is 1.12. The summed E-state index contributed by atoms with van der Waals surface area (Å²) in [5, 5.41) is 30.2. The van der Waals surface area contributed by atoms with Crippen LogP contribution in [0, 0.1) is 5.92 Å². The highest BCUT2D eigenvalue weighted by Gasteiger charge is 2.47. The minimum atomic E-state index is -1.21. The normalized spacial score (nSPS) is 19.1. The first-order valence-electron chi connectivity index (χ1n) is 12.4. The average molecular weight is 492 g/mol. The van der Waals surface area contributed by atoms with Crippen molar-refractivity contribution in [2.24, 2.45) is 21.5 Å². The first-order valence-corrected chi connectivity index (χ1v) is 13.3. The van der Waals surface area contributed by atoms with Gasteiger partial charge in [0.05, 0.1) is 16.4 Å². The van der Waals surface area contributed by atoms with Gasteiger partial charge in [0, 0.05) is 5.22 Å². The van der Waals surface area contributed by atoms with E-state index in [9.17, 15) is 19.8 Å². The number of hydrogen-bond donors (Lipinski definition) is 2. The molecule has 2 N–H and O–H groups in total. The lowest BCUT2D eigenvalue weighted by atomic mass is 9.93. The van der Waals surface area contributed by atoms with Crippen LogP contribution in [0.3, 0.4) is 0 Å². The zero-order valence-electron chi connectivity index (χ0n) is 20.7. The SMILES string of the molecule is CCCCCCCCCCCCc1ccccc1C(SC1=NN=N[N+]1(C)C(=O)O)C(C)C(=O)O. The molecule has 0 spiro atoms. The Morgan fingerprint density at radius 1 is 0.971 bits per heavy atom. The van der Waals surface area contributed by atoms with E-state index >= 15 is 0 Å². The molecule has 8 nitrogen and oxygen atoms in total. The van der Waals surface area contributed by atoms with Crippen molar-refractivity contribution >= 4 is 29.0 Å². The monoisotopic (exact) mass is 491 g/mol. The predicted octanol–water partition coefficient (Wildman–Crippen LogP) is 7.42. The third-order valence-corrected chi connectivity index (χ3v) is 7.90. The number of aryl methyl sites for hydroxylation is 1. The van der Waals surface area contributed by atoms with Crippen molar-refractivity contribution in [2.75, 3.05) is 7.05 Å². The largest absolute Gasteiger partial charge is 0.549 e. The molecular formula is C25H39N4O4S+. The topological polar surface area (TPSA) is 112 Å². The number of carboxylic acid groups (broad SMARTS) is 2. The fraction of sp³-hybridized carbons (Fsp3) is 0.640. The smallest absolute Gasteiger partial charge is 0.481 e. The molecule has 1 aliphatic heterocycles. The van der Waals surface area contributed by atoms with Crippen LogP contribution in [0.2, 0.25) is 0 Å². The molecule has 3 atom stereocenters. The quantitative estimate of drug-likeness (QED) is 0.196. The molecule has 1 aromatic rings. The Labute approximate surface area is 207 Å².